The van der Waals surface area contributed by atoms with E-state index in [2.05, 4.69) is 15.1 Å². The van der Waals surface area contributed by atoms with E-state index in [9.17, 15) is 9.90 Å². The van der Waals surface area contributed by atoms with Gasteiger partial charge < -0.3 is 19.3 Å². The number of nitrogens with zero attached hydrogens (tertiary/aromatic N) is 5. The standard InChI is InChI=1S/C19H25N5O3/c1-22-17(13-25)20-21-19(22)14-5-4-8-23(11-14)12-18(26)24-9-10-27-16-7-3-2-6-15(16)24/h2-3,6-7,14,25H,4-5,8-13H2,1H3/t14-/m0/s1. The Morgan fingerprint density at radius 3 is 2.96 bits per heavy atom. The zero-order chi connectivity index (χ0) is 18.8. The van der Waals surface area contributed by atoms with Crippen molar-refractivity contribution in [3.63, 3.8) is 0 Å². The Morgan fingerprint density at radius 1 is 1.30 bits per heavy atom. The number of hydrogen-bond acceptors (Lipinski definition) is 6. The summed E-state index contributed by atoms with van der Waals surface area (Å²) in [6.07, 6.45) is 2.03. The number of amides is 1. The summed E-state index contributed by atoms with van der Waals surface area (Å²) in [7, 11) is 1.88. The molecule has 1 aromatic carbocycles. The number of anilines is 1. The maximum absolute atomic E-state index is 13.0. The number of benzene rings is 1. The average molecular weight is 371 g/mol. The number of carbonyl (C=O) groups excluding carboxylic acids is 1. The third-order valence-electron chi connectivity index (χ3n) is 5.40. The zero-order valence-corrected chi connectivity index (χ0v) is 15.5. The molecule has 1 fully saturated rings. The first-order chi connectivity index (χ1) is 13.2. The van der Waals surface area contributed by atoms with Crippen LogP contribution in [0.3, 0.4) is 0 Å². The first-order valence-electron chi connectivity index (χ1n) is 9.41. The fraction of sp³-hybridized carbons (Fsp3) is 0.526. The van der Waals surface area contributed by atoms with Crippen LogP contribution in [0.4, 0.5) is 5.69 Å². The highest BCUT2D eigenvalue weighted by molar-refractivity contribution is 5.96. The van der Waals surface area contributed by atoms with E-state index in [0.717, 1.165) is 43.2 Å². The second-order valence-electron chi connectivity index (χ2n) is 7.13. The summed E-state index contributed by atoms with van der Waals surface area (Å²) in [6, 6.07) is 7.68. The minimum Gasteiger partial charge on any atom is -0.490 e. The molecule has 1 saturated heterocycles. The average Bonchev–Trinajstić information content (AvgIpc) is 3.08. The van der Waals surface area contributed by atoms with Gasteiger partial charge in [0.1, 0.15) is 24.8 Å². The number of hydrogen-bond donors (Lipinski definition) is 1. The lowest BCUT2D eigenvalue weighted by atomic mass is 9.97. The number of likely N-dealkylation sites (tertiary alicyclic amines) is 1. The van der Waals surface area contributed by atoms with Gasteiger partial charge in [0.15, 0.2) is 5.82 Å². The van der Waals surface area contributed by atoms with Crippen LogP contribution in [0.5, 0.6) is 5.75 Å². The molecule has 2 aliphatic heterocycles. The number of aliphatic hydroxyl groups excluding tert-OH is 1. The van der Waals surface area contributed by atoms with Gasteiger partial charge >= 0.3 is 0 Å². The summed E-state index contributed by atoms with van der Waals surface area (Å²) < 4.78 is 7.52. The number of aliphatic hydroxyl groups is 1. The van der Waals surface area contributed by atoms with Crippen molar-refractivity contribution in [2.75, 3.05) is 37.7 Å². The SMILES string of the molecule is Cn1c(CO)nnc1[C@H]1CCCN(CC(=O)N2CCOc3ccccc32)C1. The van der Waals surface area contributed by atoms with E-state index in [1.165, 1.54) is 0 Å². The third kappa shape index (κ3) is 3.54. The van der Waals surface area contributed by atoms with Crippen LogP contribution in [-0.4, -0.2) is 63.5 Å². The molecule has 3 heterocycles. The molecule has 1 amide bonds. The molecule has 0 radical (unpaired) electrons. The largest absolute Gasteiger partial charge is 0.490 e. The molecular weight excluding hydrogens is 346 g/mol. The van der Waals surface area contributed by atoms with Crippen LogP contribution in [0.15, 0.2) is 24.3 Å². The summed E-state index contributed by atoms with van der Waals surface area (Å²) in [6.45, 7) is 3.04. The topological polar surface area (TPSA) is 83.7 Å². The lowest BCUT2D eigenvalue weighted by Gasteiger charge is -2.35. The molecule has 0 spiro atoms. The van der Waals surface area contributed by atoms with Crippen LogP contribution < -0.4 is 9.64 Å². The fourth-order valence-corrected chi connectivity index (χ4v) is 3.98. The predicted octanol–water partition coefficient (Wildman–Crippen LogP) is 0.912. The Morgan fingerprint density at radius 2 is 2.15 bits per heavy atom. The molecule has 1 aromatic heterocycles. The highest BCUT2D eigenvalue weighted by Crippen LogP contribution is 2.31. The van der Waals surface area contributed by atoms with Crippen molar-refractivity contribution in [1.29, 1.82) is 0 Å². The smallest absolute Gasteiger partial charge is 0.241 e. The van der Waals surface area contributed by atoms with Gasteiger partial charge in [0.25, 0.3) is 0 Å². The molecular formula is C19H25N5O3. The van der Waals surface area contributed by atoms with Gasteiger partial charge in [0, 0.05) is 19.5 Å². The number of para-hydroxylation sites is 2. The Kier molecular flexibility index (Phi) is 5.09. The molecule has 2 aliphatic rings. The van der Waals surface area contributed by atoms with Crippen LogP contribution in [-0.2, 0) is 18.4 Å². The normalized spacial score (nSPS) is 20.2. The quantitative estimate of drug-likeness (QED) is 0.860. The number of aromatic nitrogens is 3. The molecule has 0 unspecified atom stereocenters. The predicted molar refractivity (Wildman–Crippen MR) is 99.6 cm³/mol. The molecule has 8 nitrogen and oxygen atoms in total. The molecule has 0 bridgehead atoms. The highest BCUT2D eigenvalue weighted by Gasteiger charge is 2.29. The molecule has 1 N–H and O–H groups in total. The van der Waals surface area contributed by atoms with E-state index in [-0.39, 0.29) is 18.4 Å². The second-order valence-corrected chi connectivity index (χ2v) is 7.13. The third-order valence-corrected chi connectivity index (χ3v) is 5.40. The number of rotatable bonds is 4. The monoisotopic (exact) mass is 371 g/mol. The van der Waals surface area contributed by atoms with Crippen LogP contribution in [0.2, 0.25) is 0 Å². The first-order valence-corrected chi connectivity index (χ1v) is 9.41. The Labute approximate surface area is 158 Å². The minimum atomic E-state index is -0.116. The van der Waals surface area contributed by atoms with Gasteiger partial charge in [-0.25, -0.2) is 0 Å². The van der Waals surface area contributed by atoms with E-state index >= 15 is 0 Å². The van der Waals surface area contributed by atoms with Crippen molar-refractivity contribution >= 4 is 11.6 Å². The van der Waals surface area contributed by atoms with E-state index in [0.29, 0.717) is 25.5 Å². The molecule has 1 atom stereocenters. The molecule has 0 aliphatic carbocycles. The molecule has 4 rings (SSSR count). The lowest BCUT2D eigenvalue weighted by molar-refractivity contribution is -0.120. The molecule has 2 aromatic rings. The van der Waals surface area contributed by atoms with Crippen LogP contribution in [0, 0.1) is 0 Å². The summed E-state index contributed by atoms with van der Waals surface area (Å²) in [5.74, 6) is 2.54. The number of carbonyl (C=O) groups is 1. The van der Waals surface area contributed by atoms with E-state index in [1.807, 2.05) is 40.8 Å². The fourth-order valence-electron chi connectivity index (χ4n) is 3.98. The minimum absolute atomic E-state index is 0.0976. The highest BCUT2D eigenvalue weighted by atomic mass is 16.5. The van der Waals surface area contributed by atoms with Gasteiger partial charge in [0.05, 0.1) is 18.8 Å². The van der Waals surface area contributed by atoms with Crippen molar-refractivity contribution in [2.24, 2.45) is 7.05 Å². The van der Waals surface area contributed by atoms with Gasteiger partial charge in [-0.05, 0) is 31.5 Å². The van der Waals surface area contributed by atoms with Crippen molar-refractivity contribution in [2.45, 2.75) is 25.4 Å². The number of piperidine rings is 1. The van der Waals surface area contributed by atoms with Crippen molar-refractivity contribution in [3.05, 3.63) is 35.9 Å². The molecule has 27 heavy (non-hydrogen) atoms. The number of fused-ring (bicyclic) bond motifs is 1. The molecule has 0 saturated carbocycles. The van der Waals surface area contributed by atoms with E-state index in [1.54, 1.807) is 0 Å². The van der Waals surface area contributed by atoms with Crippen molar-refractivity contribution < 1.29 is 14.6 Å². The van der Waals surface area contributed by atoms with Crippen LogP contribution in [0.1, 0.15) is 30.4 Å². The Hall–Kier alpha value is -2.45. The second kappa shape index (κ2) is 7.66. The summed E-state index contributed by atoms with van der Waals surface area (Å²) in [4.78, 5) is 17.0. The van der Waals surface area contributed by atoms with E-state index < -0.39 is 0 Å². The first kappa shape index (κ1) is 17.9. The van der Waals surface area contributed by atoms with Gasteiger partial charge in [-0.1, -0.05) is 12.1 Å². The maximum atomic E-state index is 13.0. The summed E-state index contributed by atoms with van der Waals surface area (Å²) in [5, 5.41) is 17.6. The van der Waals surface area contributed by atoms with Crippen molar-refractivity contribution in [1.82, 2.24) is 19.7 Å². The van der Waals surface area contributed by atoms with Gasteiger partial charge in [-0.3, -0.25) is 9.69 Å². The maximum Gasteiger partial charge on any atom is 0.241 e. The van der Waals surface area contributed by atoms with E-state index in [4.69, 9.17) is 4.74 Å². The molecule has 144 valence electrons. The molecule has 8 heteroatoms. The van der Waals surface area contributed by atoms with Crippen molar-refractivity contribution in [3.8, 4) is 5.75 Å². The van der Waals surface area contributed by atoms with Crippen LogP contribution in [0.25, 0.3) is 0 Å². The Bertz CT molecular complexity index is 821. The van der Waals surface area contributed by atoms with Gasteiger partial charge in [-0.2, -0.15) is 0 Å². The number of ether oxygens (including phenoxy) is 1. The summed E-state index contributed by atoms with van der Waals surface area (Å²) >= 11 is 0. The lowest BCUT2D eigenvalue weighted by Crippen LogP contribution is -2.46. The zero-order valence-electron chi connectivity index (χ0n) is 15.5. The van der Waals surface area contributed by atoms with Gasteiger partial charge in [0.2, 0.25) is 5.91 Å². The van der Waals surface area contributed by atoms with Crippen LogP contribution >= 0.6 is 0 Å². The van der Waals surface area contributed by atoms with Gasteiger partial charge in [-0.15, -0.1) is 10.2 Å². The summed E-state index contributed by atoms with van der Waals surface area (Å²) in [5.41, 5.74) is 0.850. The Balaban J connectivity index is 1.44.